The zero-order valence-corrected chi connectivity index (χ0v) is 13.3. The Morgan fingerprint density at radius 1 is 1.43 bits per heavy atom. The minimum atomic E-state index is -0.471. The number of aromatic nitrogens is 4. The Morgan fingerprint density at radius 3 is 3.00 bits per heavy atom. The number of hydrogen-bond acceptors (Lipinski definition) is 5. The maximum absolute atomic E-state index is 12.2. The summed E-state index contributed by atoms with van der Waals surface area (Å²) < 4.78 is 0. The van der Waals surface area contributed by atoms with Crippen LogP contribution in [0, 0.1) is 5.92 Å². The third kappa shape index (κ3) is 3.92. The Labute approximate surface area is 135 Å². The number of carbonyl (C=O) groups is 1. The van der Waals surface area contributed by atoms with E-state index in [1.165, 1.54) is 11.2 Å². The fraction of sp³-hybridized carbons (Fsp3) is 0.500. The van der Waals surface area contributed by atoms with Gasteiger partial charge in [0.1, 0.15) is 6.04 Å². The van der Waals surface area contributed by atoms with Crippen LogP contribution in [-0.2, 0) is 4.79 Å². The lowest BCUT2D eigenvalue weighted by Gasteiger charge is -2.12. The second kappa shape index (κ2) is 7.32. The Hall–Kier alpha value is -2.28. The molecule has 0 radical (unpaired) electrons. The maximum Gasteiger partial charge on any atom is 0.246 e. The van der Waals surface area contributed by atoms with Gasteiger partial charge < -0.3 is 10.6 Å². The van der Waals surface area contributed by atoms with Crippen LogP contribution in [0.1, 0.15) is 25.8 Å². The predicted octanol–water partition coefficient (Wildman–Crippen LogP) is 1.02. The van der Waals surface area contributed by atoms with Crippen molar-refractivity contribution in [1.29, 1.82) is 0 Å². The minimum absolute atomic E-state index is 0.0760. The summed E-state index contributed by atoms with van der Waals surface area (Å²) in [5, 5.41) is 18.6. The van der Waals surface area contributed by atoms with E-state index >= 15 is 0 Å². The van der Waals surface area contributed by atoms with Crippen LogP contribution in [-0.4, -0.2) is 45.7 Å². The fourth-order valence-electron chi connectivity index (χ4n) is 2.70. The number of benzene rings is 1. The number of nitrogens with one attached hydrogen (secondary N) is 2. The molecule has 2 aromatic rings. The molecule has 2 atom stereocenters. The van der Waals surface area contributed by atoms with E-state index in [1.54, 1.807) is 6.92 Å². The number of amides is 1. The first-order valence-corrected chi connectivity index (χ1v) is 8.07. The van der Waals surface area contributed by atoms with Crippen molar-refractivity contribution in [2.75, 3.05) is 19.6 Å². The van der Waals surface area contributed by atoms with Crippen LogP contribution >= 0.6 is 0 Å². The normalized spacial score (nSPS) is 18.7. The number of carbonyl (C=O) groups excluding carboxylic acids is 1. The Kier molecular flexibility index (Phi) is 4.97. The van der Waals surface area contributed by atoms with E-state index in [1.807, 2.05) is 30.3 Å². The van der Waals surface area contributed by atoms with Crippen molar-refractivity contribution in [3.05, 3.63) is 30.3 Å². The van der Waals surface area contributed by atoms with Crippen molar-refractivity contribution in [3.63, 3.8) is 0 Å². The van der Waals surface area contributed by atoms with Gasteiger partial charge in [-0.15, -0.1) is 10.2 Å². The van der Waals surface area contributed by atoms with Gasteiger partial charge in [-0.25, -0.2) is 0 Å². The molecule has 0 bridgehead atoms. The molecule has 2 unspecified atom stereocenters. The topological polar surface area (TPSA) is 84.7 Å². The predicted molar refractivity (Wildman–Crippen MR) is 86.6 cm³/mol. The van der Waals surface area contributed by atoms with Gasteiger partial charge in [-0.2, -0.15) is 4.80 Å². The first kappa shape index (κ1) is 15.6. The highest BCUT2D eigenvalue weighted by atomic mass is 16.2. The molecule has 23 heavy (non-hydrogen) atoms. The zero-order valence-electron chi connectivity index (χ0n) is 13.3. The monoisotopic (exact) mass is 314 g/mol. The van der Waals surface area contributed by atoms with E-state index in [9.17, 15) is 4.79 Å². The van der Waals surface area contributed by atoms with E-state index in [-0.39, 0.29) is 5.91 Å². The summed E-state index contributed by atoms with van der Waals surface area (Å²) >= 11 is 0. The van der Waals surface area contributed by atoms with Gasteiger partial charge >= 0.3 is 0 Å². The number of hydrogen-bond donors (Lipinski definition) is 2. The van der Waals surface area contributed by atoms with Gasteiger partial charge in [0.2, 0.25) is 11.7 Å². The molecule has 7 heteroatoms. The van der Waals surface area contributed by atoms with E-state index in [4.69, 9.17) is 0 Å². The van der Waals surface area contributed by atoms with E-state index in [2.05, 4.69) is 26.0 Å². The second-order valence-corrected chi connectivity index (χ2v) is 5.91. The van der Waals surface area contributed by atoms with Gasteiger partial charge in [-0.05, 0) is 44.0 Å². The van der Waals surface area contributed by atoms with Crippen molar-refractivity contribution in [1.82, 2.24) is 30.8 Å². The minimum Gasteiger partial charge on any atom is -0.354 e. The van der Waals surface area contributed by atoms with Crippen LogP contribution in [0.3, 0.4) is 0 Å². The standard InChI is InChI=1S/C16H22N6O/c1-12(16(23)18-10-8-13-7-9-17-11-13)22-20-15(19-21-22)14-5-3-2-4-6-14/h2-6,12-13,17H,7-11H2,1H3,(H,18,23). The molecule has 122 valence electrons. The van der Waals surface area contributed by atoms with Gasteiger partial charge in [-0.3, -0.25) is 4.79 Å². The molecule has 1 aromatic heterocycles. The summed E-state index contributed by atoms with van der Waals surface area (Å²) in [4.78, 5) is 13.6. The van der Waals surface area contributed by atoms with Gasteiger partial charge in [0, 0.05) is 12.1 Å². The molecule has 0 saturated carbocycles. The quantitative estimate of drug-likeness (QED) is 0.831. The van der Waals surface area contributed by atoms with Gasteiger partial charge in [0.15, 0.2) is 0 Å². The molecular formula is C16H22N6O. The lowest BCUT2D eigenvalue weighted by atomic mass is 10.1. The average molecular weight is 314 g/mol. The molecule has 7 nitrogen and oxygen atoms in total. The van der Waals surface area contributed by atoms with Crippen LogP contribution in [0.2, 0.25) is 0 Å². The first-order chi connectivity index (χ1) is 11.2. The SMILES string of the molecule is CC(C(=O)NCCC1CCNC1)n1nnc(-c2ccccc2)n1. The van der Waals surface area contributed by atoms with Crippen molar-refractivity contribution >= 4 is 5.91 Å². The molecule has 2 N–H and O–H groups in total. The van der Waals surface area contributed by atoms with Crippen molar-refractivity contribution in [2.45, 2.75) is 25.8 Å². The Morgan fingerprint density at radius 2 is 2.26 bits per heavy atom. The third-order valence-electron chi connectivity index (χ3n) is 4.20. The molecular weight excluding hydrogens is 292 g/mol. The Bertz CT molecular complexity index is 635. The van der Waals surface area contributed by atoms with Gasteiger partial charge in [0.25, 0.3) is 0 Å². The molecule has 3 rings (SSSR count). The highest BCUT2D eigenvalue weighted by molar-refractivity contribution is 5.79. The van der Waals surface area contributed by atoms with Crippen LogP contribution in [0.25, 0.3) is 11.4 Å². The largest absolute Gasteiger partial charge is 0.354 e. The fourth-order valence-corrected chi connectivity index (χ4v) is 2.70. The highest BCUT2D eigenvalue weighted by Crippen LogP contribution is 2.14. The van der Waals surface area contributed by atoms with Crippen LogP contribution in [0.5, 0.6) is 0 Å². The molecule has 1 aromatic carbocycles. The van der Waals surface area contributed by atoms with E-state index in [0.29, 0.717) is 18.3 Å². The molecule has 1 fully saturated rings. The molecule has 2 heterocycles. The summed E-state index contributed by atoms with van der Waals surface area (Å²) in [5.74, 6) is 1.12. The Balaban J connectivity index is 1.54. The number of rotatable bonds is 6. The zero-order chi connectivity index (χ0) is 16.1. The summed E-state index contributed by atoms with van der Waals surface area (Å²) in [6.45, 7) is 4.61. The van der Waals surface area contributed by atoms with E-state index < -0.39 is 6.04 Å². The molecule has 1 saturated heterocycles. The molecule has 1 amide bonds. The smallest absolute Gasteiger partial charge is 0.246 e. The van der Waals surface area contributed by atoms with Crippen LogP contribution in [0.4, 0.5) is 0 Å². The summed E-state index contributed by atoms with van der Waals surface area (Å²) in [5.41, 5.74) is 0.889. The van der Waals surface area contributed by atoms with Crippen molar-refractivity contribution < 1.29 is 4.79 Å². The van der Waals surface area contributed by atoms with Crippen LogP contribution in [0.15, 0.2) is 30.3 Å². The van der Waals surface area contributed by atoms with Crippen LogP contribution < -0.4 is 10.6 Å². The summed E-state index contributed by atoms with van der Waals surface area (Å²) in [6.07, 6.45) is 2.20. The summed E-state index contributed by atoms with van der Waals surface area (Å²) in [7, 11) is 0. The van der Waals surface area contributed by atoms with Crippen molar-refractivity contribution in [2.24, 2.45) is 5.92 Å². The molecule has 1 aliphatic rings. The molecule has 1 aliphatic heterocycles. The number of nitrogens with zero attached hydrogens (tertiary/aromatic N) is 4. The highest BCUT2D eigenvalue weighted by Gasteiger charge is 2.19. The third-order valence-corrected chi connectivity index (χ3v) is 4.20. The molecule has 0 aliphatic carbocycles. The second-order valence-electron chi connectivity index (χ2n) is 5.91. The maximum atomic E-state index is 12.2. The molecule has 0 spiro atoms. The average Bonchev–Trinajstić information content (AvgIpc) is 3.26. The van der Waals surface area contributed by atoms with Gasteiger partial charge in [-0.1, -0.05) is 30.3 Å². The lowest BCUT2D eigenvalue weighted by Crippen LogP contribution is -2.33. The van der Waals surface area contributed by atoms with Crippen molar-refractivity contribution in [3.8, 4) is 11.4 Å². The van der Waals surface area contributed by atoms with Gasteiger partial charge in [0.05, 0.1) is 0 Å². The first-order valence-electron chi connectivity index (χ1n) is 8.07. The lowest BCUT2D eigenvalue weighted by molar-refractivity contribution is -0.124. The number of tetrazole rings is 1. The summed E-state index contributed by atoms with van der Waals surface area (Å²) in [6, 6.07) is 9.14. The van der Waals surface area contributed by atoms with E-state index in [0.717, 1.165) is 25.1 Å².